The number of aromatic nitrogens is 5. The maximum Gasteiger partial charge on any atom is 0.273 e. The second-order valence-corrected chi connectivity index (χ2v) is 7.73. The maximum absolute atomic E-state index is 13.1. The highest BCUT2D eigenvalue weighted by Crippen LogP contribution is 2.21. The number of pyridine rings is 1. The van der Waals surface area contributed by atoms with Crippen LogP contribution in [0.1, 0.15) is 21.9 Å². The zero-order chi connectivity index (χ0) is 21.4. The molecule has 1 saturated heterocycles. The van der Waals surface area contributed by atoms with Crippen LogP contribution in [0, 0.1) is 13.8 Å². The Kier molecular flexibility index (Phi) is 4.82. The van der Waals surface area contributed by atoms with Crippen LogP contribution in [0.2, 0.25) is 0 Å². The van der Waals surface area contributed by atoms with Gasteiger partial charge in [-0.2, -0.15) is 5.10 Å². The lowest BCUT2D eigenvalue weighted by Gasteiger charge is -2.35. The first kappa shape index (κ1) is 19.2. The van der Waals surface area contributed by atoms with E-state index in [9.17, 15) is 4.79 Å². The molecule has 0 aliphatic carbocycles. The number of piperazine rings is 1. The summed E-state index contributed by atoms with van der Waals surface area (Å²) in [5.41, 5.74) is 2.49. The van der Waals surface area contributed by atoms with Crippen LogP contribution in [0.5, 0.6) is 0 Å². The smallest absolute Gasteiger partial charge is 0.273 e. The minimum atomic E-state index is -0.0255. The molecule has 31 heavy (non-hydrogen) atoms. The number of hydrogen-bond donors (Lipinski definition) is 0. The fourth-order valence-corrected chi connectivity index (χ4v) is 4.07. The van der Waals surface area contributed by atoms with Crippen LogP contribution >= 0.6 is 0 Å². The zero-order valence-corrected chi connectivity index (χ0v) is 17.6. The summed E-state index contributed by atoms with van der Waals surface area (Å²) in [7, 11) is 0. The van der Waals surface area contributed by atoms with Crippen molar-refractivity contribution in [3.8, 4) is 5.82 Å². The van der Waals surface area contributed by atoms with Gasteiger partial charge in [-0.25, -0.2) is 14.6 Å². The van der Waals surface area contributed by atoms with Gasteiger partial charge in [0, 0.05) is 49.5 Å². The second-order valence-electron chi connectivity index (χ2n) is 7.73. The molecule has 1 fully saturated rings. The fourth-order valence-electron chi connectivity index (χ4n) is 4.07. The van der Waals surface area contributed by atoms with E-state index < -0.39 is 0 Å². The summed E-state index contributed by atoms with van der Waals surface area (Å²) in [5, 5.41) is 6.43. The molecule has 0 saturated carbocycles. The number of fused-ring (bicyclic) bond motifs is 1. The number of nitrogens with zero attached hydrogens (tertiary/aromatic N) is 7. The number of benzene rings is 1. The van der Waals surface area contributed by atoms with Gasteiger partial charge in [0.1, 0.15) is 17.8 Å². The summed E-state index contributed by atoms with van der Waals surface area (Å²) in [6, 6.07) is 13.8. The van der Waals surface area contributed by atoms with Crippen molar-refractivity contribution in [3.63, 3.8) is 0 Å². The molecule has 4 heterocycles. The maximum atomic E-state index is 13.1. The van der Waals surface area contributed by atoms with E-state index in [1.165, 1.54) is 0 Å². The Morgan fingerprint density at radius 3 is 2.45 bits per heavy atom. The molecule has 0 atom stereocenters. The quantitative estimate of drug-likeness (QED) is 0.514. The molecule has 8 heteroatoms. The molecule has 156 valence electrons. The average Bonchev–Trinajstić information content (AvgIpc) is 3.16. The van der Waals surface area contributed by atoms with Crippen molar-refractivity contribution in [2.24, 2.45) is 0 Å². The third kappa shape index (κ3) is 3.61. The van der Waals surface area contributed by atoms with Gasteiger partial charge in [0.05, 0.1) is 5.69 Å². The first-order chi connectivity index (χ1) is 15.1. The molecule has 0 spiro atoms. The van der Waals surface area contributed by atoms with Crippen molar-refractivity contribution in [1.82, 2.24) is 29.6 Å². The van der Waals surface area contributed by atoms with Crippen molar-refractivity contribution < 1.29 is 4.79 Å². The van der Waals surface area contributed by atoms with Crippen molar-refractivity contribution in [1.29, 1.82) is 0 Å². The normalized spacial score (nSPS) is 14.3. The monoisotopic (exact) mass is 413 g/mol. The molecule has 1 aliphatic rings. The summed E-state index contributed by atoms with van der Waals surface area (Å²) < 4.78 is 1.83. The van der Waals surface area contributed by atoms with Crippen molar-refractivity contribution in [3.05, 3.63) is 72.1 Å². The highest BCUT2D eigenvalue weighted by molar-refractivity contribution is 6.05. The van der Waals surface area contributed by atoms with E-state index in [0.29, 0.717) is 31.9 Å². The van der Waals surface area contributed by atoms with Crippen LogP contribution in [-0.4, -0.2) is 61.7 Å². The van der Waals surface area contributed by atoms with Crippen molar-refractivity contribution in [2.75, 3.05) is 31.1 Å². The van der Waals surface area contributed by atoms with Gasteiger partial charge in [-0.1, -0.05) is 24.3 Å². The second kappa shape index (κ2) is 7.79. The zero-order valence-electron chi connectivity index (χ0n) is 17.6. The van der Waals surface area contributed by atoms with E-state index in [2.05, 4.69) is 25.0 Å². The Labute approximate surface area is 180 Å². The van der Waals surface area contributed by atoms with Gasteiger partial charge in [0.15, 0.2) is 5.82 Å². The van der Waals surface area contributed by atoms with Gasteiger partial charge < -0.3 is 9.80 Å². The molecule has 0 N–H and O–H groups in total. The number of rotatable bonds is 3. The lowest BCUT2D eigenvalue weighted by Crippen LogP contribution is -2.49. The summed E-state index contributed by atoms with van der Waals surface area (Å²) >= 11 is 0. The Hall–Kier alpha value is -3.81. The van der Waals surface area contributed by atoms with Crippen LogP contribution in [0.3, 0.4) is 0 Å². The van der Waals surface area contributed by atoms with Gasteiger partial charge in [-0.05, 0) is 31.4 Å². The first-order valence-corrected chi connectivity index (χ1v) is 10.3. The molecule has 0 bridgehead atoms. The third-order valence-electron chi connectivity index (χ3n) is 5.63. The van der Waals surface area contributed by atoms with Crippen LogP contribution in [0.4, 0.5) is 5.82 Å². The number of aryl methyl sites for hydroxylation is 2. The molecule has 1 aromatic carbocycles. The Morgan fingerprint density at radius 1 is 0.903 bits per heavy atom. The Balaban J connectivity index is 1.32. The Bertz CT molecular complexity index is 1250. The van der Waals surface area contributed by atoms with E-state index in [1.54, 1.807) is 12.5 Å². The number of carbonyl (C=O) groups excluding carboxylic acids is 1. The van der Waals surface area contributed by atoms with Gasteiger partial charge in [0.25, 0.3) is 5.91 Å². The van der Waals surface area contributed by atoms with Crippen LogP contribution in [0.25, 0.3) is 16.6 Å². The average molecular weight is 413 g/mol. The SMILES string of the molecule is Cc1cc(C)n(-c2cc(N3CCN(C(=O)c4nccc5ccccc45)CC3)ncn2)n1. The van der Waals surface area contributed by atoms with E-state index >= 15 is 0 Å². The Morgan fingerprint density at radius 2 is 1.68 bits per heavy atom. The molecule has 1 aliphatic heterocycles. The molecular formula is C23H23N7O. The summed E-state index contributed by atoms with van der Waals surface area (Å²) in [5.74, 6) is 1.56. The van der Waals surface area contributed by atoms with Crippen molar-refractivity contribution >= 4 is 22.5 Å². The summed E-state index contributed by atoms with van der Waals surface area (Å²) in [4.78, 5) is 30.4. The lowest BCUT2D eigenvalue weighted by atomic mass is 10.1. The number of carbonyl (C=O) groups is 1. The fraction of sp³-hybridized carbons (Fsp3) is 0.261. The largest absolute Gasteiger partial charge is 0.353 e. The summed E-state index contributed by atoms with van der Waals surface area (Å²) in [6.07, 6.45) is 3.27. The van der Waals surface area contributed by atoms with Crippen LogP contribution < -0.4 is 4.90 Å². The van der Waals surface area contributed by atoms with Gasteiger partial charge >= 0.3 is 0 Å². The van der Waals surface area contributed by atoms with E-state index in [4.69, 9.17) is 0 Å². The highest BCUT2D eigenvalue weighted by Gasteiger charge is 2.25. The molecule has 3 aromatic heterocycles. The van der Waals surface area contributed by atoms with E-state index in [-0.39, 0.29) is 5.91 Å². The molecule has 5 rings (SSSR count). The molecule has 0 unspecified atom stereocenters. The van der Waals surface area contributed by atoms with Gasteiger partial charge in [-0.3, -0.25) is 9.78 Å². The number of hydrogen-bond acceptors (Lipinski definition) is 6. The lowest BCUT2D eigenvalue weighted by molar-refractivity contribution is 0.0743. The molecule has 1 amide bonds. The third-order valence-corrected chi connectivity index (χ3v) is 5.63. The van der Waals surface area contributed by atoms with Crippen LogP contribution in [-0.2, 0) is 0 Å². The predicted molar refractivity (Wildman–Crippen MR) is 118 cm³/mol. The minimum Gasteiger partial charge on any atom is -0.353 e. The molecule has 8 nitrogen and oxygen atoms in total. The van der Waals surface area contributed by atoms with Gasteiger partial charge in [0.2, 0.25) is 0 Å². The number of anilines is 1. The molecule has 4 aromatic rings. The molecule has 0 radical (unpaired) electrons. The molecular weight excluding hydrogens is 390 g/mol. The topological polar surface area (TPSA) is 80.0 Å². The van der Waals surface area contributed by atoms with Crippen LogP contribution in [0.15, 0.2) is 55.0 Å². The van der Waals surface area contributed by atoms with Gasteiger partial charge in [-0.15, -0.1) is 0 Å². The predicted octanol–water partition coefficient (Wildman–Crippen LogP) is 2.79. The van der Waals surface area contributed by atoms with E-state index in [1.807, 2.05) is 65.9 Å². The number of amides is 1. The highest BCUT2D eigenvalue weighted by atomic mass is 16.2. The standard InChI is InChI=1S/C23H23N7O/c1-16-13-17(2)30(27-16)21-14-20(25-15-26-21)28-9-11-29(12-10-28)23(31)22-19-6-4-3-5-18(19)7-8-24-22/h3-8,13-15H,9-12H2,1-2H3. The summed E-state index contributed by atoms with van der Waals surface area (Å²) in [6.45, 7) is 6.60. The minimum absolute atomic E-state index is 0.0255. The first-order valence-electron chi connectivity index (χ1n) is 10.3. The van der Waals surface area contributed by atoms with Crippen molar-refractivity contribution in [2.45, 2.75) is 13.8 Å². The van der Waals surface area contributed by atoms with E-state index in [0.717, 1.165) is 33.8 Å².